The van der Waals surface area contributed by atoms with Gasteiger partial charge in [-0.1, -0.05) is 31.0 Å². The minimum Gasteiger partial charge on any atom is -0.494 e. The van der Waals surface area contributed by atoms with Crippen molar-refractivity contribution in [2.24, 2.45) is 5.41 Å². The third kappa shape index (κ3) is 6.42. The van der Waals surface area contributed by atoms with Crippen LogP contribution < -0.4 is 15.7 Å². The van der Waals surface area contributed by atoms with Crippen molar-refractivity contribution in [3.63, 3.8) is 0 Å². The number of hydrogen-bond acceptors (Lipinski definition) is 5. The molecule has 0 fully saturated rings. The number of carbonyl (C=O) groups excluding carboxylic acids is 1. The molecule has 0 aliphatic heterocycles. The third-order valence-corrected chi connectivity index (χ3v) is 5.87. The number of rotatable bonds is 9. The van der Waals surface area contributed by atoms with Crippen molar-refractivity contribution in [3.05, 3.63) is 63.5 Å². The number of benzene rings is 2. The van der Waals surface area contributed by atoms with Gasteiger partial charge in [-0.25, -0.2) is 9.78 Å². The number of nitrogens with zero attached hydrogens (tertiary/aromatic N) is 2. The van der Waals surface area contributed by atoms with Gasteiger partial charge in [-0.15, -0.1) is 0 Å². The molecule has 11 heteroatoms. The second-order valence-corrected chi connectivity index (χ2v) is 9.08. The number of hydrogen-bond donors (Lipinski definition) is 2. The molecule has 0 bridgehead atoms. The molecule has 3 aromatic rings. The monoisotopic (exact) mass is 522 g/mol. The van der Waals surface area contributed by atoms with Crippen LogP contribution in [0.2, 0.25) is 5.02 Å². The highest BCUT2D eigenvalue weighted by molar-refractivity contribution is 6.33. The molecule has 1 aromatic heterocycles. The molecule has 0 atom stereocenters. The molecule has 192 valence electrons. The molecular formula is C25H26ClF3N4O3. The Morgan fingerprint density at radius 2 is 1.81 bits per heavy atom. The minimum atomic E-state index is -4.70. The van der Waals surface area contributed by atoms with Crippen molar-refractivity contribution >= 4 is 17.5 Å². The lowest BCUT2D eigenvalue weighted by molar-refractivity contribution is -0.211. The molecule has 36 heavy (non-hydrogen) atoms. The molecule has 1 heterocycles. The predicted octanol–water partition coefficient (Wildman–Crippen LogP) is 5.54. The largest absolute Gasteiger partial charge is 0.494 e. The summed E-state index contributed by atoms with van der Waals surface area (Å²) in [6, 6.07) is 11.6. The average molecular weight is 523 g/mol. The van der Waals surface area contributed by atoms with E-state index in [0.717, 1.165) is 26.7 Å². The molecule has 0 aliphatic rings. The minimum absolute atomic E-state index is 0.127. The molecule has 0 unspecified atom stereocenters. The maximum Gasteiger partial charge on any atom is 0.402 e. The van der Waals surface area contributed by atoms with Crippen molar-refractivity contribution in [2.75, 3.05) is 6.61 Å². The van der Waals surface area contributed by atoms with Crippen LogP contribution in [0.4, 0.5) is 13.2 Å². The summed E-state index contributed by atoms with van der Waals surface area (Å²) in [6.07, 6.45) is -2.74. The fraction of sp³-hybridized carbons (Fsp3) is 0.360. The Labute approximate surface area is 211 Å². The first kappa shape index (κ1) is 27.2. The topological polar surface area (TPSA) is 97.0 Å². The summed E-state index contributed by atoms with van der Waals surface area (Å²) in [4.78, 5) is 35.3. The zero-order chi connectivity index (χ0) is 26.5. The van der Waals surface area contributed by atoms with E-state index in [1.807, 2.05) is 0 Å². The molecule has 3 rings (SSSR count). The molecule has 0 spiro atoms. The average Bonchev–Trinajstić information content (AvgIpc) is 2.82. The molecular weight excluding hydrogens is 497 g/mol. The van der Waals surface area contributed by atoms with Gasteiger partial charge in [-0.2, -0.15) is 18.2 Å². The van der Waals surface area contributed by atoms with Crippen LogP contribution in [0.25, 0.3) is 22.8 Å². The number of amides is 1. The molecule has 0 saturated heterocycles. The van der Waals surface area contributed by atoms with E-state index in [0.29, 0.717) is 29.0 Å². The van der Waals surface area contributed by atoms with Gasteiger partial charge in [0, 0.05) is 17.7 Å². The molecule has 0 radical (unpaired) electrons. The van der Waals surface area contributed by atoms with Crippen LogP contribution in [-0.4, -0.2) is 33.6 Å². The fourth-order valence-electron chi connectivity index (χ4n) is 3.07. The van der Waals surface area contributed by atoms with Crippen LogP contribution in [0.1, 0.15) is 39.2 Å². The van der Waals surface area contributed by atoms with E-state index < -0.39 is 23.2 Å². The van der Waals surface area contributed by atoms with Crippen molar-refractivity contribution < 1.29 is 22.7 Å². The Balaban J connectivity index is 1.84. The number of aromatic amines is 1. The first-order valence-corrected chi connectivity index (χ1v) is 11.7. The maximum absolute atomic E-state index is 13.1. The van der Waals surface area contributed by atoms with Gasteiger partial charge in [0.05, 0.1) is 11.6 Å². The molecule has 2 N–H and O–H groups in total. The predicted molar refractivity (Wildman–Crippen MR) is 131 cm³/mol. The number of ether oxygens (including phenoxy) is 1. The van der Waals surface area contributed by atoms with Crippen LogP contribution in [0, 0.1) is 5.41 Å². The lowest BCUT2D eigenvalue weighted by Gasteiger charge is -2.26. The number of carbonyl (C=O) groups is 1. The molecule has 2 aromatic carbocycles. The highest BCUT2D eigenvalue weighted by Crippen LogP contribution is 2.37. The van der Waals surface area contributed by atoms with Gasteiger partial charge in [0.2, 0.25) is 5.91 Å². The first-order chi connectivity index (χ1) is 16.9. The van der Waals surface area contributed by atoms with Crippen molar-refractivity contribution in [1.29, 1.82) is 0 Å². The highest BCUT2D eigenvalue weighted by atomic mass is 35.5. The Kier molecular flexibility index (Phi) is 8.39. The van der Waals surface area contributed by atoms with Gasteiger partial charge in [0.25, 0.3) is 0 Å². The van der Waals surface area contributed by atoms with Crippen molar-refractivity contribution in [2.45, 2.75) is 46.3 Å². The van der Waals surface area contributed by atoms with Crippen molar-refractivity contribution in [3.8, 4) is 28.5 Å². The number of halogens is 4. The van der Waals surface area contributed by atoms with Gasteiger partial charge in [-0.05, 0) is 62.2 Å². The van der Waals surface area contributed by atoms with E-state index in [9.17, 15) is 22.8 Å². The van der Waals surface area contributed by atoms with E-state index in [1.165, 1.54) is 12.1 Å². The number of aromatic nitrogens is 3. The highest BCUT2D eigenvalue weighted by Gasteiger charge is 2.52. The maximum atomic E-state index is 13.1. The Bertz CT molecular complexity index is 1270. The Morgan fingerprint density at radius 1 is 1.11 bits per heavy atom. The van der Waals surface area contributed by atoms with Crippen LogP contribution >= 0.6 is 11.6 Å². The summed E-state index contributed by atoms with van der Waals surface area (Å²) >= 11 is 6.32. The second-order valence-electron chi connectivity index (χ2n) is 8.67. The van der Waals surface area contributed by atoms with E-state index in [4.69, 9.17) is 16.3 Å². The van der Waals surface area contributed by atoms with E-state index in [2.05, 4.69) is 27.2 Å². The second kappa shape index (κ2) is 11.1. The number of nitrogens with one attached hydrogen (secondary N) is 2. The molecule has 0 saturated carbocycles. The van der Waals surface area contributed by atoms with Crippen LogP contribution in [0.3, 0.4) is 0 Å². The van der Waals surface area contributed by atoms with Gasteiger partial charge < -0.3 is 10.1 Å². The summed E-state index contributed by atoms with van der Waals surface area (Å²) < 4.78 is 45.0. The molecule has 1 amide bonds. The Morgan fingerprint density at radius 3 is 2.44 bits per heavy atom. The lowest BCUT2D eigenvalue weighted by atomic mass is 9.91. The normalized spacial score (nSPS) is 11.9. The summed E-state index contributed by atoms with van der Waals surface area (Å²) in [7, 11) is 0. The zero-order valence-corrected chi connectivity index (χ0v) is 20.8. The third-order valence-electron chi connectivity index (χ3n) is 5.54. The summed E-state index contributed by atoms with van der Waals surface area (Å²) in [5.41, 5.74) is -1.82. The van der Waals surface area contributed by atoms with Gasteiger partial charge in [-0.3, -0.25) is 9.78 Å². The van der Waals surface area contributed by atoms with Crippen LogP contribution in [-0.2, 0) is 11.3 Å². The SMILES string of the molecule is CCCCOc1ccc(-c2nc(-c3cc(CNC(=O)C(C)(C)C(F)(F)F)ccc3Cl)[nH]c(=O)n2)cc1. The molecule has 0 aliphatic carbocycles. The zero-order valence-electron chi connectivity index (χ0n) is 20.0. The smallest absolute Gasteiger partial charge is 0.402 e. The summed E-state index contributed by atoms with van der Waals surface area (Å²) in [5, 5.41) is 2.55. The first-order valence-electron chi connectivity index (χ1n) is 11.3. The van der Waals surface area contributed by atoms with Crippen LogP contribution in [0.5, 0.6) is 5.75 Å². The van der Waals surface area contributed by atoms with Gasteiger partial charge >= 0.3 is 11.9 Å². The van der Waals surface area contributed by atoms with E-state index in [-0.39, 0.29) is 23.2 Å². The Hall–Kier alpha value is -3.40. The summed E-state index contributed by atoms with van der Waals surface area (Å²) in [5.74, 6) is -0.187. The van der Waals surface area contributed by atoms with E-state index in [1.54, 1.807) is 30.3 Å². The van der Waals surface area contributed by atoms with E-state index >= 15 is 0 Å². The molecule has 7 nitrogen and oxygen atoms in total. The lowest BCUT2D eigenvalue weighted by Crippen LogP contribution is -2.46. The number of unbranched alkanes of at least 4 members (excludes halogenated alkanes) is 1. The quantitative estimate of drug-likeness (QED) is 0.360. The van der Waals surface area contributed by atoms with Gasteiger partial charge in [0.15, 0.2) is 5.82 Å². The van der Waals surface area contributed by atoms with Crippen molar-refractivity contribution in [1.82, 2.24) is 20.3 Å². The number of alkyl halides is 3. The standard InChI is InChI=1S/C25H26ClF3N4O3/c1-4-5-12-36-17-9-7-16(8-10-17)20-31-21(33-23(35)32-20)18-13-15(6-11-19(18)26)14-30-22(34)24(2,3)25(27,28)29/h6-11,13H,4-5,12,14H2,1-3H3,(H,30,34)(H,31,32,33,35). The summed E-state index contributed by atoms with van der Waals surface area (Å²) in [6.45, 7) is 4.12. The fourth-order valence-corrected chi connectivity index (χ4v) is 3.28. The van der Waals surface area contributed by atoms with Gasteiger partial charge in [0.1, 0.15) is 17.0 Å². The number of H-pyrrole nitrogens is 1. The van der Waals surface area contributed by atoms with Crippen LogP contribution in [0.15, 0.2) is 47.3 Å².